The number of rotatable bonds is 6. The van der Waals surface area contributed by atoms with E-state index in [-0.39, 0.29) is 18.3 Å². The van der Waals surface area contributed by atoms with Crippen LogP contribution in [0.4, 0.5) is 0 Å². The molecule has 2 heterocycles. The zero-order valence-corrected chi connectivity index (χ0v) is 17.3. The van der Waals surface area contributed by atoms with E-state index < -0.39 is 0 Å². The molecule has 1 amide bonds. The Morgan fingerprint density at radius 2 is 2.07 bits per heavy atom. The second-order valence-corrected chi connectivity index (χ2v) is 7.46. The lowest BCUT2D eigenvalue weighted by Crippen LogP contribution is -2.35. The summed E-state index contributed by atoms with van der Waals surface area (Å²) in [5.41, 5.74) is 4.20. The minimum Gasteiger partial charge on any atom is -0.352 e. The summed E-state index contributed by atoms with van der Waals surface area (Å²) in [5, 5.41) is 11.2. The SMILES string of the molecule is Cc1nn(-c2ccccc2)c(C)c1CNC(=O)CC(C)C1CCCNC1.Cl. The number of piperidine rings is 1. The Labute approximate surface area is 168 Å². The van der Waals surface area contributed by atoms with Gasteiger partial charge >= 0.3 is 0 Å². The van der Waals surface area contributed by atoms with Crippen molar-refractivity contribution in [3.05, 3.63) is 47.3 Å². The molecule has 1 fully saturated rings. The predicted octanol–water partition coefficient (Wildman–Crippen LogP) is 3.55. The lowest BCUT2D eigenvalue weighted by molar-refractivity contribution is -0.122. The van der Waals surface area contributed by atoms with Gasteiger partial charge in [-0.15, -0.1) is 12.4 Å². The van der Waals surface area contributed by atoms with E-state index in [4.69, 9.17) is 0 Å². The maximum Gasteiger partial charge on any atom is 0.220 e. The van der Waals surface area contributed by atoms with Crippen LogP contribution in [-0.2, 0) is 11.3 Å². The van der Waals surface area contributed by atoms with Crippen molar-refractivity contribution in [2.45, 2.75) is 46.6 Å². The molecule has 27 heavy (non-hydrogen) atoms. The van der Waals surface area contributed by atoms with Crippen molar-refractivity contribution in [2.75, 3.05) is 13.1 Å². The molecule has 1 aliphatic heterocycles. The van der Waals surface area contributed by atoms with Crippen LogP contribution < -0.4 is 10.6 Å². The molecule has 0 radical (unpaired) electrons. The van der Waals surface area contributed by atoms with Gasteiger partial charge in [-0.1, -0.05) is 25.1 Å². The van der Waals surface area contributed by atoms with E-state index in [2.05, 4.69) is 29.6 Å². The lowest BCUT2D eigenvalue weighted by Gasteiger charge is -2.28. The Balaban J connectivity index is 0.00000261. The number of nitrogens with one attached hydrogen (secondary N) is 2. The van der Waals surface area contributed by atoms with Gasteiger partial charge in [0.05, 0.1) is 11.4 Å². The molecule has 1 aromatic carbocycles. The van der Waals surface area contributed by atoms with Gasteiger partial charge in [0.25, 0.3) is 0 Å². The van der Waals surface area contributed by atoms with E-state index >= 15 is 0 Å². The highest BCUT2D eigenvalue weighted by Gasteiger charge is 2.22. The normalized spacial score (nSPS) is 17.8. The molecule has 148 valence electrons. The smallest absolute Gasteiger partial charge is 0.220 e. The molecule has 3 rings (SSSR count). The first-order valence-corrected chi connectivity index (χ1v) is 9.64. The molecule has 0 spiro atoms. The highest BCUT2D eigenvalue weighted by atomic mass is 35.5. The van der Waals surface area contributed by atoms with Crippen molar-refractivity contribution in [1.29, 1.82) is 0 Å². The van der Waals surface area contributed by atoms with Gasteiger partial charge in [-0.3, -0.25) is 4.79 Å². The van der Waals surface area contributed by atoms with E-state index in [1.165, 1.54) is 12.8 Å². The fraction of sp³-hybridized carbons (Fsp3) is 0.524. The van der Waals surface area contributed by atoms with Crippen LogP contribution in [0.15, 0.2) is 30.3 Å². The van der Waals surface area contributed by atoms with Gasteiger partial charge < -0.3 is 10.6 Å². The summed E-state index contributed by atoms with van der Waals surface area (Å²) in [6.45, 7) is 8.95. The van der Waals surface area contributed by atoms with E-state index in [1.807, 2.05) is 41.9 Å². The monoisotopic (exact) mass is 390 g/mol. The number of aromatic nitrogens is 2. The Morgan fingerprint density at radius 1 is 1.33 bits per heavy atom. The van der Waals surface area contributed by atoms with E-state index in [0.29, 0.717) is 24.8 Å². The van der Waals surface area contributed by atoms with Gasteiger partial charge in [0.1, 0.15) is 0 Å². The van der Waals surface area contributed by atoms with Gasteiger partial charge in [-0.05, 0) is 63.7 Å². The quantitative estimate of drug-likeness (QED) is 0.792. The van der Waals surface area contributed by atoms with E-state index in [9.17, 15) is 4.79 Å². The summed E-state index contributed by atoms with van der Waals surface area (Å²) in [5.74, 6) is 1.16. The molecule has 1 aliphatic rings. The first-order chi connectivity index (χ1) is 12.6. The molecule has 5 nitrogen and oxygen atoms in total. The van der Waals surface area contributed by atoms with Crippen LogP contribution in [0.3, 0.4) is 0 Å². The van der Waals surface area contributed by atoms with Crippen molar-refractivity contribution < 1.29 is 4.79 Å². The molecular weight excluding hydrogens is 360 g/mol. The highest BCUT2D eigenvalue weighted by Crippen LogP contribution is 2.23. The average Bonchev–Trinajstić information content (AvgIpc) is 2.95. The van der Waals surface area contributed by atoms with Crippen molar-refractivity contribution in [3.8, 4) is 5.69 Å². The largest absolute Gasteiger partial charge is 0.352 e. The predicted molar refractivity (Wildman–Crippen MR) is 112 cm³/mol. The molecule has 6 heteroatoms. The third-order valence-electron chi connectivity index (χ3n) is 5.55. The van der Waals surface area contributed by atoms with Gasteiger partial charge in [-0.2, -0.15) is 5.10 Å². The molecule has 2 unspecified atom stereocenters. The number of hydrogen-bond acceptors (Lipinski definition) is 3. The summed E-state index contributed by atoms with van der Waals surface area (Å²) in [6, 6.07) is 10.1. The third-order valence-corrected chi connectivity index (χ3v) is 5.55. The summed E-state index contributed by atoms with van der Waals surface area (Å²) < 4.78 is 1.95. The Morgan fingerprint density at radius 3 is 2.74 bits per heavy atom. The number of hydrogen-bond donors (Lipinski definition) is 2. The van der Waals surface area contributed by atoms with Gasteiger partial charge in [-0.25, -0.2) is 4.68 Å². The summed E-state index contributed by atoms with van der Waals surface area (Å²) in [6.07, 6.45) is 3.04. The first-order valence-electron chi connectivity index (χ1n) is 9.64. The minimum atomic E-state index is 0. The molecule has 2 aromatic rings. The summed E-state index contributed by atoms with van der Waals surface area (Å²) in [7, 11) is 0. The standard InChI is InChI=1S/C21H30N4O.ClH/c1-15(18-8-7-11-22-13-18)12-21(26)23-14-20-16(2)24-25(17(20)3)19-9-5-4-6-10-19;/h4-6,9-10,15,18,22H,7-8,11-14H2,1-3H3,(H,23,26);1H. The number of carbonyl (C=O) groups is 1. The van der Waals surface area contributed by atoms with Crippen LogP contribution in [0.2, 0.25) is 0 Å². The van der Waals surface area contributed by atoms with Crippen molar-refractivity contribution in [3.63, 3.8) is 0 Å². The number of para-hydroxylation sites is 1. The van der Waals surface area contributed by atoms with E-state index in [1.54, 1.807) is 0 Å². The molecule has 1 aromatic heterocycles. The fourth-order valence-corrected chi connectivity index (χ4v) is 3.83. The van der Waals surface area contributed by atoms with Gasteiger partial charge in [0, 0.05) is 24.2 Å². The molecule has 0 bridgehead atoms. The van der Waals surface area contributed by atoms with Crippen LogP contribution in [0.5, 0.6) is 0 Å². The summed E-state index contributed by atoms with van der Waals surface area (Å²) >= 11 is 0. The second kappa shape index (κ2) is 9.90. The number of benzene rings is 1. The van der Waals surface area contributed by atoms with Gasteiger partial charge in [0.2, 0.25) is 5.91 Å². The zero-order valence-electron chi connectivity index (χ0n) is 16.5. The van der Waals surface area contributed by atoms with Crippen LogP contribution >= 0.6 is 12.4 Å². The number of aryl methyl sites for hydroxylation is 1. The van der Waals surface area contributed by atoms with E-state index in [0.717, 1.165) is 35.7 Å². The average molecular weight is 391 g/mol. The van der Waals surface area contributed by atoms with Crippen LogP contribution in [0, 0.1) is 25.7 Å². The number of carbonyl (C=O) groups excluding carboxylic acids is 1. The molecule has 0 saturated carbocycles. The maximum absolute atomic E-state index is 12.4. The minimum absolute atomic E-state index is 0. The second-order valence-electron chi connectivity index (χ2n) is 7.46. The Bertz CT molecular complexity index is 738. The van der Waals surface area contributed by atoms with Crippen LogP contribution in [0.25, 0.3) is 5.69 Å². The zero-order chi connectivity index (χ0) is 18.5. The number of nitrogens with zero attached hydrogens (tertiary/aromatic N) is 2. The maximum atomic E-state index is 12.4. The topological polar surface area (TPSA) is 59.0 Å². The van der Waals surface area contributed by atoms with Crippen molar-refractivity contribution in [2.24, 2.45) is 11.8 Å². The Hall–Kier alpha value is -1.85. The van der Waals surface area contributed by atoms with Crippen molar-refractivity contribution in [1.82, 2.24) is 20.4 Å². The Kier molecular flexibility index (Phi) is 7.87. The highest BCUT2D eigenvalue weighted by molar-refractivity contribution is 5.85. The first kappa shape index (κ1) is 21.5. The van der Waals surface area contributed by atoms with Crippen molar-refractivity contribution >= 4 is 18.3 Å². The molecule has 2 N–H and O–H groups in total. The molecule has 1 saturated heterocycles. The van der Waals surface area contributed by atoms with Crippen LogP contribution in [-0.4, -0.2) is 28.8 Å². The number of halogens is 1. The molecule has 0 aliphatic carbocycles. The molecular formula is C21H31ClN4O. The van der Waals surface area contributed by atoms with Crippen LogP contribution in [0.1, 0.15) is 43.1 Å². The third kappa shape index (κ3) is 5.33. The fourth-order valence-electron chi connectivity index (χ4n) is 3.83. The summed E-state index contributed by atoms with van der Waals surface area (Å²) in [4.78, 5) is 12.4. The molecule has 2 atom stereocenters. The lowest BCUT2D eigenvalue weighted by atomic mass is 9.85. The van der Waals surface area contributed by atoms with Gasteiger partial charge in [0.15, 0.2) is 0 Å². The number of amides is 1.